The van der Waals surface area contributed by atoms with Gasteiger partial charge in [-0.3, -0.25) is 9.59 Å². The van der Waals surface area contributed by atoms with Crippen molar-refractivity contribution in [1.82, 2.24) is 5.32 Å². The van der Waals surface area contributed by atoms with Gasteiger partial charge in [0, 0.05) is 10.5 Å². The first kappa shape index (κ1) is 11.5. The molecule has 5 nitrogen and oxygen atoms in total. The highest BCUT2D eigenvalue weighted by Crippen LogP contribution is 2.31. The van der Waals surface area contributed by atoms with E-state index in [1.165, 1.54) is 11.8 Å². The van der Waals surface area contributed by atoms with Gasteiger partial charge < -0.3 is 10.6 Å². The third kappa shape index (κ3) is 2.57. The van der Waals surface area contributed by atoms with Gasteiger partial charge in [-0.2, -0.15) is 5.26 Å². The third-order valence-corrected chi connectivity index (χ3v) is 3.28. The molecule has 0 aromatic heterocycles. The van der Waals surface area contributed by atoms with Crippen LogP contribution in [0.5, 0.6) is 0 Å². The van der Waals surface area contributed by atoms with Gasteiger partial charge in [0.1, 0.15) is 6.54 Å². The molecule has 0 radical (unpaired) electrons. The van der Waals surface area contributed by atoms with E-state index in [0.717, 1.165) is 4.90 Å². The van der Waals surface area contributed by atoms with Gasteiger partial charge in [0.05, 0.1) is 17.5 Å². The van der Waals surface area contributed by atoms with E-state index in [2.05, 4.69) is 10.6 Å². The summed E-state index contributed by atoms with van der Waals surface area (Å²) in [6, 6.07) is 6.92. The molecule has 2 amide bonds. The molecule has 0 spiro atoms. The van der Waals surface area contributed by atoms with Gasteiger partial charge in [-0.15, -0.1) is 11.8 Å². The van der Waals surface area contributed by atoms with Crippen molar-refractivity contribution in [3.05, 3.63) is 23.8 Å². The lowest BCUT2D eigenvalue weighted by molar-refractivity contribution is -0.113. The predicted molar refractivity (Wildman–Crippen MR) is 63.7 cm³/mol. The van der Waals surface area contributed by atoms with Crippen molar-refractivity contribution in [2.45, 2.75) is 4.90 Å². The quantitative estimate of drug-likeness (QED) is 0.763. The number of carbonyl (C=O) groups is 2. The molecule has 86 valence electrons. The number of amides is 2. The van der Waals surface area contributed by atoms with Crippen LogP contribution in [-0.2, 0) is 4.79 Å². The Morgan fingerprint density at radius 1 is 1.59 bits per heavy atom. The maximum Gasteiger partial charge on any atom is 0.252 e. The molecule has 0 saturated carbocycles. The fourth-order valence-corrected chi connectivity index (χ4v) is 2.23. The van der Waals surface area contributed by atoms with E-state index >= 15 is 0 Å². The summed E-state index contributed by atoms with van der Waals surface area (Å²) in [7, 11) is 0. The third-order valence-electron chi connectivity index (χ3n) is 2.20. The van der Waals surface area contributed by atoms with Crippen molar-refractivity contribution in [1.29, 1.82) is 5.26 Å². The molecule has 2 rings (SSSR count). The maximum atomic E-state index is 11.6. The Labute approximate surface area is 102 Å². The lowest BCUT2D eigenvalue weighted by Crippen LogP contribution is -2.24. The van der Waals surface area contributed by atoms with Crippen LogP contribution in [0, 0.1) is 11.3 Å². The standard InChI is InChI=1S/C11H9N3O2S/c12-3-4-13-11(16)7-1-2-9-8(5-7)14-10(15)6-17-9/h1-2,5H,4,6H2,(H,13,16)(H,14,15). The summed E-state index contributed by atoms with van der Waals surface area (Å²) in [5.74, 6) is 0.00345. The van der Waals surface area contributed by atoms with Crippen LogP contribution in [0.15, 0.2) is 23.1 Å². The second-order valence-electron chi connectivity index (χ2n) is 3.39. The maximum absolute atomic E-state index is 11.6. The van der Waals surface area contributed by atoms with Gasteiger partial charge in [0.25, 0.3) is 5.91 Å². The van der Waals surface area contributed by atoms with Gasteiger partial charge in [0.2, 0.25) is 5.91 Å². The van der Waals surface area contributed by atoms with Crippen molar-refractivity contribution in [2.75, 3.05) is 17.6 Å². The monoisotopic (exact) mass is 247 g/mol. The van der Waals surface area contributed by atoms with Gasteiger partial charge in [-0.1, -0.05) is 0 Å². The summed E-state index contributed by atoms with van der Waals surface area (Å²) in [4.78, 5) is 23.7. The minimum atomic E-state index is -0.320. The number of hydrogen-bond acceptors (Lipinski definition) is 4. The molecule has 0 aliphatic carbocycles. The van der Waals surface area contributed by atoms with Crippen molar-refractivity contribution in [2.24, 2.45) is 0 Å². The van der Waals surface area contributed by atoms with E-state index in [1.54, 1.807) is 18.2 Å². The molecule has 6 heteroatoms. The Hall–Kier alpha value is -2.00. The molecule has 0 bridgehead atoms. The van der Waals surface area contributed by atoms with Crippen LogP contribution in [0.25, 0.3) is 0 Å². The Morgan fingerprint density at radius 3 is 3.18 bits per heavy atom. The fourth-order valence-electron chi connectivity index (χ4n) is 1.45. The highest BCUT2D eigenvalue weighted by Gasteiger charge is 2.16. The van der Waals surface area contributed by atoms with E-state index in [1.807, 2.05) is 6.07 Å². The Kier molecular flexibility index (Phi) is 3.30. The Morgan fingerprint density at radius 2 is 2.41 bits per heavy atom. The predicted octanol–water partition coefficient (Wildman–Crippen LogP) is 0.984. The molecule has 1 aliphatic heterocycles. The number of fused-ring (bicyclic) bond motifs is 1. The molecule has 0 atom stereocenters. The van der Waals surface area contributed by atoms with Crippen molar-refractivity contribution < 1.29 is 9.59 Å². The number of carbonyl (C=O) groups excluding carboxylic acids is 2. The second kappa shape index (κ2) is 4.89. The number of rotatable bonds is 2. The first-order valence-corrected chi connectivity index (χ1v) is 5.91. The van der Waals surface area contributed by atoms with Crippen molar-refractivity contribution >= 4 is 29.3 Å². The summed E-state index contributed by atoms with van der Waals surface area (Å²) < 4.78 is 0. The molecule has 1 aromatic carbocycles. The lowest BCUT2D eigenvalue weighted by Gasteiger charge is -2.16. The largest absolute Gasteiger partial charge is 0.339 e. The SMILES string of the molecule is N#CCNC(=O)c1ccc2c(c1)NC(=O)CS2. The van der Waals surface area contributed by atoms with E-state index in [0.29, 0.717) is 17.0 Å². The minimum absolute atomic E-state index is 0.0307. The molecule has 2 N–H and O–H groups in total. The summed E-state index contributed by atoms with van der Waals surface area (Å²) in [5.41, 5.74) is 1.08. The average molecular weight is 247 g/mol. The van der Waals surface area contributed by atoms with E-state index in [9.17, 15) is 9.59 Å². The van der Waals surface area contributed by atoms with E-state index < -0.39 is 0 Å². The van der Waals surface area contributed by atoms with Crippen LogP contribution in [0.1, 0.15) is 10.4 Å². The zero-order chi connectivity index (χ0) is 12.3. The molecule has 17 heavy (non-hydrogen) atoms. The number of nitrogens with one attached hydrogen (secondary N) is 2. The van der Waals surface area contributed by atoms with E-state index in [4.69, 9.17) is 5.26 Å². The molecule has 0 unspecified atom stereocenters. The Balaban J connectivity index is 2.21. The Bertz CT molecular complexity index is 522. The molecule has 1 aliphatic rings. The molecule has 1 aromatic rings. The zero-order valence-electron chi connectivity index (χ0n) is 8.82. The average Bonchev–Trinajstić information content (AvgIpc) is 2.35. The van der Waals surface area contributed by atoms with Crippen LogP contribution in [0.4, 0.5) is 5.69 Å². The first-order valence-electron chi connectivity index (χ1n) is 4.92. The van der Waals surface area contributed by atoms with Crippen LogP contribution >= 0.6 is 11.8 Å². The summed E-state index contributed by atoms with van der Waals surface area (Å²) in [6.45, 7) is -0.0307. The topological polar surface area (TPSA) is 82.0 Å². The lowest BCUT2D eigenvalue weighted by atomic mass is 10.2. The van der Waals surface area contributed by atoms with Crippen LogP contribution in [-0.4, -0.2) is 24.1 Å². The first-order chi connectivity index (χ1) is 8.20. The second-order valence-corrected chi connectivity index (χ2v) is 4.41. The molecule has 0 saturated heterocycles. The number of thioether (sulfide) groups is 1. The minimum Gasteiger partial charge on any atom is -0.339 e. The van der Waals surface area contributed by atoms with E-state index in [-0.39, 0.29) is 18.4 Å². The fraction of sp³-hybridized carbons (Fsp3) is 0.182. The van der Waals surface area contributed by atoms with Gasteiger partial charge >= 0.3 is 0 Å². The van der Waals surface area contributed by atoms with Gasteiger partial charge in [-0.05, 0) is 18.2 Å². The normalized spacial score (nSPS) is 13.2. The molecule has 1 heterocycles. The zero-order valence-corrected chi connectivity index (χ0v) is 9.63. The highest BCUT2D eigenvalue weighted by atomic mass is 32.2. The van der Waals surface area contributed by atoms with Crippen molar-refractivity contribution in [3.63, 3.8) is 0 Å². The van der Waals surface area contributed by atoms with Gasteiger partial charge in [0.15, 0.2) is 0 Å². The molecular weight excluding hydrogens is 238 g/mol. The van der Waals surface area contributed by atoms with Crippen LogP contribution in [0.3, 0.4) is 0 Å². The number of nitriles is 1. The summed E-state index contributed by atoms with van der Waals surface area (Å²) in [6.07, 6.45) is 0. The number of anilines is 1. The molecular formula is C11H9N3O2S. The summed E-state index contributed by atoms with van der Waals surface area (Å²) >= 11 is 1.44. The van der Waals surface area contributed by atoms with Crippen LogP contribution in [0.2, 0.25) is 0 Å². The van der Waals surface area contributed by atoms with Crippen LogP contribution < -0.4 is 10.6 Å². The van der Waals surface area contributed by atoms with Crippen molar-refractivity contribution in [3.8, 4) is 6.07 Å². The number of nitrogens with zero attached hydrogens (tertiary/aromatic N) is 1. The smallest absolute Gasteiger partial charge is 0.252 e. The highest BCUT2D eigenvalue weighted by molar-refractivity contribution is 8.00. The summed E-state index contributed by atoms with van der Waals surface area (Å²) in [5, 5.41) is 13.5. The number of benzene rings is 1. The molecule has 0 fully saturated rings. The van der Waals surface area contributed by atoms with Gasteiger partial charge in [-0.25, -0.2) is 0 Å². The number of hydrogen-bond donors (Lipinski definition) is 2.